The number of ether oxygens (including phenoxy) is 2. The van der Waals surface area contributed by atoms with Crippen molar-refractivity contribution in [3.8, 4) is 11.5 Å². The third-order valence-electron chi connectivity index (χ3n) is 4.15. The molecule has 0 unspecified atom stereocenters. The molecule has 0 aliphatic carbocycles. The Morgan fingerprint density at radius 1 is 1.12 bits per heavy atom. The number of hydrogen-bond donors (Lipinski definition) is 2. The fourth-order valence-corrected chi connectivity index (χ4v) is 2.75. The van der Waals surface area contributed by atoms with Crippen LogP contribution in [0, 0.1) is 6.92 Å². The molecule has 26 heavy (non-hydrogen) atoms. The van der Waals surface area contributed by atoms with Gasteiger partial charge in [-0.2, -0.15) is 0 Å². The van der Waals surface area contributed by atoms with Crippen molar-refractivity contribution in [2.75, 3.05) is 44.7 Å². The average Bonchev–Trinajstić information content (AvgIpc) is 2.64. The van der Waals surface area contributed by atoms with Gasteiger partial charge in [-0.1, -0.05) is 12.1 Å². The number of rotatable bonds is 6. The van der Waals surface area contributed by atoms with Crippen molar-refractivity contribution >= 4 is 11.7 Å². The molecule has 1 fully saturated rings. The van der Waals surface area contributed by atoms with E-state index >= 15 is 0 Å². The van der Waals surface area contributed by atoms with E-state index in [1.54, 1.807) is 0 Å². The zero-order chi connectivity index (χ0) is 18.2. The molecule has 0 saturated carbocycles. The number of carbonyl (C=O) groups excluding carboxylic acids is 1. The summed E-state index contributed by atoms with van der Waals surface area (Å²) in [6, 6.07) is 15.0. The van der Waals surface area contributed by atoms with E-state index in [9.17, 15) is 4.79 Å². The summed E-state index contributed by atoms with van der Waals surface area (Å²) in [6.07, 6.45) is 0. The number of nitrogens with one attached hydrogen (secondary N) is 2. The molecule has 0 spiro atoms. The van der Waals surface area contributed by atoms with Crippen LogP contribution in [0.15, 0.2) is 48.5 Å². The Labute approximate surface area is 154 Å². The van der Waals surface area contributed by atoms with Gasteiger partial charge in [0.05, 0.1) is 13.2 Å². The van der Waals surface area contributed by atoms with Gasteiger partial charge in [0.1, 0.15) is 11.5 Å². The first kappa shape index (κ1) is 18.2. The zero-order valence-electron chi connectivity index (χ0n) is 15.0. The van der Waals surface area contributed by atoms with E-state index in [4.69, 9.17) is 9.47 Å². The molecule has 0 atom stereocenters. The lowest BCUT2D eigenvalue weighted by Gasteiger charge is -2.26. The highest BCUT2D eigenvalue weighted by atomic mass is 16.5. The fraction of sp³-hybridized carbons (Fsp3) is 0.350. The molecule has 3 rings (SSSR count). The minimum absolute atomic E-state index is 0.203. The van der Waals surface area contributed by atoms with Gasteiger partial charge in [0.2, 0.25) is 0 Å². The number of benzene rings is 2. The van der Waals surface area contributed by atoms with Gasteiger partial charge in [0, 0.05) is 31.9 Å². The SMILES string of the molecule is Cc1cccc(Oc2ccc(NC(=O)NCCN3CCOCC3)cc2)c1. The van der Waals surface area contributed by atoms with Crippen LogP contribution in [0.2, 0.25) is 0 Å². The van der Waals surface area contributed by atoms with Crippen LogP contribution in [-0.4, -0.2) is 50.3 Å². The summed E-state index contributed by atoms with van der Waals surface area (Å²) in [7, 11) is 0. The molecule has 1 aliphatic rings. The summed E-state index contributed by atoms with van der Waals surface area (Å²) in [5.41, 5.74) is 1.88. The molecule has 1 saturated heterocycles. The highest BCUT2D eigenvalue weighted by molar-refractivity contribution is 5.89. The topological polar surface area (TPSA) is 62.8 Å². The highest BCUT2D eigenvalue weighted by Gasteiger charge is 2.10. The Morgan fingerprint density at radius 2 is 1.88 bits per heavy atom. The van der Waals surface area contributed by atoms with E-state index in [1.807, 2.05) is 55.5 Å². The molecule has 0 bridgehead atoms. The number of carbonyl (C=O) groups is 1. The number of aryl methyl sites for hydroxylation is 1. The smallest absolute Gasteiger partial charge is 0.319 e. The molecule has 6 nitrogen and oxygen atoms in total. The van der Waals surface area contributed by atoms with E-state index in [2.05, 4.69) is 15.5 Å². The van der Waals surface area contributed by atoms with Crippen LogP contribution in [-0.2, 0) is 4.74 Å². The molecule has 2 aromatic carbocycles. The van der Waals surface area contributed by atoms with E-state index in [0.29, 0.717) is 6.54 Å². The van der Waals surface area contributed by atoms with Gasteiger partial charge < -0.3 is 20.1 Å². The van der Waals surface area contributed by atoms with Gasteiger partial charge in [0.25, 0.3) is 0 Å². The molecule has 1 aliphatic heterocycles. The fourth-order valence-electron chi connectivity index (χ4n) is 2.75. The van der Waals surface area contributed by atoms with Crippen LogP contribution < -0.4 is 15.4 Å². The molecule has 138 valence electrons. The van der Waals surface area contributed by atoms with Crippen LogP contribution in [0.5, 0.6) is 11.5 Å². The summed E-state index contributed by atoms with van der Waals surface area (Å²) >= 11 is 0. The van der Waals surface area contributed by atoms with Crippen LogP contribution in [0.3, 0.4) is 0 Å². The van der Waals surface area contributed by atoms with E-state index in [1.165, 1.54) is 0 Å². The Kier molecular flexibility index (Phi) is 6.46. The maximum absolute atomic E-state index is 12.0. The average molecular weight is 355 g/mol. The molecular weight excluding hydrogens is 330 g/mol. The predicted octanol–water partition coefficient (Wildman–Crippen LogP) is 3.24. The molecule has 1 heterocycles. The lowest BCUT2D eigenvalue weighted by molar-refractivity contribution is 0.0388. The first-order valence-electron chi connectivity index (χ1n) is 8.88. The minimum atomic E-state index is -0.203. The molecule has 6 heteroatoms. The van der Waals surface area contributed by atoms with Gasteiger partial charge in [0.15, 0.2) is 0 Å². The number of nitrogens with zero attached hydrogens (tertiary/aromatic N) is 1. The summed E-state index contributed by atoms with van der Waals surface area (Å²) in [4.78, 5) is 14.2. The third kappa shape index (κ3) is 5.75. The van der Waals surface area contributed by atoms with Crippen molar-refractivity contribution in [3.05, 3.63) is 54.1 Å². The van der Waals surface area contributed by atoms with Crippen LogP contribution in [0.4, 0.5) is 10.5 Å². The van der Waals surface area contributed by atoms with Crippen LogP contribution in [0.25, 0.3) is 0 Å². The summed E-state index contributed by atoms with van der Waals surface area (Å²) in [5.74, 6) is 1.53. The molecule has 0 aromatic heterocycles. The van der Waals surface area contributed by atoms with Crippen molar-refractivity contribution in [1.82, 2.24) is 10.2 Å². The van der Waals surface area contributed by atoms with Gasteiger partial charge in [-0.3, -0.25) is 4.90 Å². The number of amides is 2. The van der Waals surface area contributed by atoms with Crippen molar-refractivity contribution in [2.24, 2.45) is 0 Å². The second-order valence-corrected chi connectivity index (χ2v) is 6.28. The quantitative estimate of drug-likeness (QED) is 0.835. The van der Waals surface area contributed by atoms with Crippen molar-refractivity contribution in [3.63, 3.8) is 0 Å². The van der Waals surface area contributed by atoms with Gasteiger partial charge in [-0.25, -0.2) is 4.79 Å². The largest absolute Gasteiger partial charge is 0.457 e. The van der Waals surface area contributed by atoms with Gasteiger partial charge in [-0.15, -0.1) is 0 Å². The number of urea groups is 1. The van der Waals surface area contributed by atoms with Crippen molar-refractivity contribution in [2.45, 2.75) is 6.92 Å². The van der Waals surface area contributed by atoms with E-state index < -0.39 is 0 Å². The summed E-state index contributed by atoms with van der Waals surface area (Å²) in [6.45, 7) is 6.85. The molecule has 0 radical (unpaired) electrons. The van der Waals surface area contributed by atoms with Crippen molar-refractivity contribution in [1.29, 1.82) is 0 Å². The second-order valence-electron chi connectivity index (χ2n) is 6.28. The minimum Gasteiger partial charge on any atom is -0.457 e. The number of hydrogen-bond acceptors (Lipinski definition) is 4. The Morgan fingerprint density at radius 3 is 2.62 bits per heavy atom. The number of anilines is 1. The van der Waals surface area contributed by atoms with Crippen molar-refractivity contribution < 1.29 is 14.3 Å². The van der Waals surface area contributed by atoms with Gasteiger partial charge >= 0.3 is 6.03 Å². The second kappa shape index (κ2) is 9.22. The van der Waals surface area contributed by atoms with E-state index in [-0.39, 0.29) is 6.03 Å². The Balaban J connectivity index is 1.42. The predicted molar refractivity (Wildman–Crippen MR) is 102 cm³/mol. The molecular formula is C20H25N3O3. The standard InChI is InChI=1S/C20H25N3O3/c1-16-3-2-4-19(15-16)26-18-7-5-17(6-8-18)22-20(24)21-9-10-23-11-13-25-14-12-23/h2-8,15H,9-14H2,1H3,(H2,21,22,24). The summed E-state index contributed by atoms with van der Waals surface area (Å²) in [5, 5.41) is 5.71. The highest BCUT2D eigenvalue weighted by Crippen LogP contribution is 2.23. The Hall–Kier alpha value is -2.57. The van der Waals surface area contributed by atoms with Crippen LogP contribution >= 0.6 is 0 Å². The first-order chi connectivity index (χ1) is 12.7. The third-order valence-corrected chi connectivity index (χ3v) is 4.15. The summed E-state index contributed by atoms with van der Waals surface area (Å²) < 4.78 is 11.1. The maximum atomic E-state index is 12.0. The van der Waals surface area contributed by atoms with Gasteiger partial charge in [-0.05, 0) is 48.9 Å². The molecule has 2 N–H and O–H groups in total. The van der Waals surface area contributed by atoms with Crippen LogP contribution in [0.1, 0.15) is 5.56 Å². The lowest BCUT2D eigenvalue weighted by Crippen LogP contribution is -2.42. The van der Waals surface area contributed by atoms with E-state index in [0.717, 1.165) is 55.6 Å². The molecule has 2 amide bonds. The number of morpholine rings is 1. The zero-order valence-corrected chi connectivity index (χ0v) is 15.0. The lowest BCUT2D eigenvalue weighted by atomic mass is 10.2. The first-order valence-corrected chi connectivity index (χ1v) is 8.88. The Bertz CT molecular complexity index is 712. The monoisotopic (exact) mass is 355 g/mol. The normalized spacial score (nSPS) is 14.7. The molecule has 2 aromatic rings. The maximum Gasteiger partial charge on any atom is 0.319 e.